The van der Waals surface area contributed by atoms with Crippen molar-refractivity contribution in [3.05, 3.63) is 0 Å². The number of esters is 1. The molecule has 0 aliphatic rings. The van der Waals surface area contributed by atoms with Gasteiger partial charge in [0.2, 0.25) is 0 Å². The Labute approximate surface area is 173 Å². The molecule has 2 N–H and O–H groups in total. The molecular weight excluding hydrogens is 378 g/mol. The van der Waals surface area contributed by atoms with Gasteiger partial charge in [-0.3, -0.25) is 0 Å². The highest BCUT2D eigenvalue weighted by Crippen LogP contribution is 2.22. The molecule has 0 saturated heterocycles. The minimum atomic E-state index is -1.36. The van der Waals surface area contributed by atoms with E-state index >= 15 is 0 Å². The highest BCUT2D eigenvalue weighted by Gasteiger charge is 2.42. The van der Waals surface area contributed by atoms with Gasteiger partial charge in [-0.25, -0.2) is 14.4 Å². The lowest BCUT2D eigenvalue weighted by Gasteiger charge is -2.33. The molecule has 0 rings (SSSR count). The number of carbonyl (C=O) groups is 3. The fraction of sp³-hybridized carbons (Fsp3) is 0.800. The molecule has 29 heavy (non-hydrogen) atoms. The molecule has 0 spiro atoms. The third kappa shape index (κ3) is 11.3. The molecule has 2 amide bonds. The number of carbonyl (C=O) groups excluding carboxylic acids is 3. The van der Waals surface area contributed by atoms with Crippen LogP contribution in [0.25, 0.3) is 0 Å². The van der Waals surface area contributed by atoms with E-state index in [0.717, 1.165) is 0 Å². The fourth-order valence-electron chi connectivity index (χ4n) is 2.08. The van der Waals surface area contributed by atoms with Gasteiger partial charge in [0.1, 0.15) is 22.8 Å². The second-order valence-corrected chi connectivity index (χ2v) is 9.69. The van der Waals surface area contributed by atoms with Crippen molar-refractivity contribution in [2.24, 2.45) is 5.73 Å². The van der Waals surface area contributed by atoms with Crippen LogP contribution in [0, 0.1) is 11.3 Å². The van der Waals surface area contributed by atoms with E-state index in [9.17, 15) is 14.4 Å². The average Bonchev–Trinajstić information content (AvgIpc) is 2.44. The topological polar surface area (TPSA) is 132 Å². The summed E-state index contributed by atoms with van der Waals surface area (Å²) >= 11 is 0. The van der Waals surface area contributed by atoms with Gasteiger partial charge < -0.3 is 19.9 Å². The second kappa shape index (κ2) is 9.92. The normalized spacial score (nSPS) is 14.2. The molecule has 1 unspecified atom stereocenters. The Bertz CT molecular complexity index is 607. The Morgan fingerprint density at radius 1 is 0.828 bits per heavy atom. The van der Waals surface area contributed by atoms with Crippen molar-refractivity contribution >= 4 is 18.2 Å². The summed E-state index contributed by atoms with van der Waals surface area (Å²) in [7, 11) is 0. The number of nitrogens with zero attached hydrogens (tertiary/aromatic N) is 2. The van der Waals surface area contributed by atoms with Gasteiger partial charge in [-0.1, -0.05) is 0 Å². The summed E-state index contributed by atoms with van der Waals surface area (Å²) < 4.78 is 16.0. The molecular formula is C20H35N3O6. The summed E-state index contributed by atoms with van der Waals surface area (Å²) in [5.41, 5.74) is 2.94. The predicted octanol–water partition coefficient (Wildman–Crippen LogP) is 3.50. The zero-order chi connectivity index (χ0) is 23.2. The van der Waals surface area contributed by atoms with Crippen molar-refractivity contribution in [1.29, 1.82) is 5.26 Å². The van der Waals surface area contributed by atoms with Gasteiger partial charge in [-0.15, -0.1) is 0 Å². The summed E-state index contributed by atoms with van der Waals surface area (Å²) in [5, 5.41) is 8.95. The van der Waals surface area contributed by atoms with Crippen LogP contribution in [-0.2, 0) is 19.0 Å². The van der Waals surface area contributed by atoms with E-state index < -0.39 is 47.0 Å². The van der Waals surface area contributed by atoms with E-state index in [1.807, 2.05) is 6.07 Å². The lowest BCUT2D eigenvalue weighted by atomic mass is 10.1. The lowest BCUT2D eigenvalue weighted by molar-refractivity contribution is -0.161. The summed E-state index contributed by atoms with van der Waals surface area (Å²) in [6, 6.07) is -0.382. The summed E-state index contributed by atoms with van der Waals surface area (Å²) in [5.74, 6) is -0.820. The Morgan fingerprint density at radius 3 is 1.52 bits per heavy atom. The van der Waals surface area contributed by atoms with Gasteiger partial charge in [0.15, 0.2) is 0 Å². The van der Waals surface area contributed by atoms with E-state index in [0.29, 0.717) is 4.90 Å². The maximum Gasteiger partial charge on any atom is 0.420 e. The van der Waals surface area contributed by atoms with Gasteiger partial charge >= 0.3 is 18.2 Å². The van der Waals surface area contributed by atoms with Crippen LogP contribution >= 0.6 is 0 Å². The van der Waals surface area contributed by atoms with Crippen LogP contribution in [0.15, 0.2) is 0 Å². The molecule has 0 aromatic rings. The first-order valence-corrected chi connectivity index (χ1v) is 9.49. The van der Waals surface area contributed by atoms with E-state index in [4.69, 9.17) is 25.2 Å². The van der Waals surface area contributed by atoms with E-state index in [2.05, 4.69) is 0 Å². The third-order valence-electron chi connectivity index (χ3n) is 3.09. The van der Waals surface area contributed by atoms with Crippen LogP contribution in [0.3, 0.4) is 0 Å². The van der Waals surface area contributed by atoms with E-state index in [-0.39, 0.29) is 12.8 Å². The van der Waals surface area contributed by atoms with E-state index in [1.165, 1.54) is 0 Å². The van der Waals surface area contributed by atoms with Crippen LogP contribution < -0.4 is 5.73 Å². The molecule has 0 aromatic heterocycles. The Balaban J connectivity index is 6.06. The zero-order valence-electron chi connectivity index (χ0n) is 19.0. The minimum Gasteiger partial charge on any atom is -0.458 e. The maximum absolute atomic E-state index is 12.8. The minimum absolute atomic E-state index is 0.0580. The van der Waals surface area contributed by atoms with Crippen molar-refractivity contribution < 1.29 is 28.6 Å². The van der Waals surface area contributed by atoms with Gasteiger partial charge in [0.25, 0.3) is 0 Å². The van der Waals surface area contributed by atoms with Crippen LogP contribution in [0.2, 0.25) is 0 Å². The number of rotatable bonds is 5. The number of nitriles is 1. The fourth-order valence-corrected chi connectivity index (χ4v) is 2.08. The standard InChI is InChI=1S/C20H35N3O6/c1-18(2,3)27-15(24)14(11-10-13(22)12-21)23(16(25)28-19(4,5)6)17(26)29-20(7,8)9/h13-14H,10-11,22H2,1-9H3/t13?,14-/m0/s1. The van der Waals surface area contributed by atoms with Gasteiger partial charge in [0.05, 0.1) is 12.1 Å². The molecule has 0 aromatic carbocycles. The molecule has 9 heteroatoms. The number of nitrogens with two attached hydrogens (primary N) is 1. The quantitative estimate of drug-likeness (QED) is 0.535. The molecule has 166 valence electrons. The Hall–Kier alpha value is -2.34. The molecule has 2 atom stereocenters. The molecule has 0 heterocycles. The molecule has 0 radical (unpaired) electrons. The van der Waals surface area contributed by atoms with Gasteiger partial charge in [-0.05, 0) is 75.2 Å². The largest absolute Gasteiger partial charge is 0.458 e. The summed E-state index contributed by atoms with van der Waals surface area (Å²) in [6.45, 7) is 14.8. The molecule has 0 saturated carbocycles. The maximum atomic E-state index is 12.8. The second-order valence-electron chi connectivity index (χ2n) is 9.69. The zero-order valence-corrected chi connectivity index (χ0v) is 19.0. The number of hydrogen-bond donors (Lipinski definition) is 1. The van der Waals surface area contributed by atoms with Crippen molar-refractivity contribution in [3.63, 3.8) is 0 Å². The van der Waals surface area contributed by atoms with Gasteiger partial charge in [0, 0.05) is 0 Å². The van der Waals surface area contributed by atoms with Crippen molar-refractivity contribution in [3.8, 4) is 6.07 Å². The first-order chi connectivity index (χ1) is 12.9. The average molecular weight is 414 g/mol. The molecule has 0 aliphatic heterocycles. The Morgan fingerprint density at radius 2 is 1.21 bits per heavy atom. The first-order valence-electron chi connectivity index (χ1n) is 9.49. The van der Waals surface area contributed by atoms with Crippen LogP contribution in [-0.4, -0.2) is 51.9 Å². The number of amides is 2. The van der Waals surface area contributed by atoms with Crippen molar-refractivity contribution in [2.75, 3.05) is 0 Å². The predicted molar refractivity (Wildman–Crippen MR) is 107 cm³/mol. The number of ether oxygens (including phenoxy) is 3. The van der Waals surface area contributed by atoms with E-state index in [1.54, 1.807) is 62.3 Å². The highest BCUT2D eigenvalue weighted by molar-refractivity contribution is 5.94. The highest BCUT2D eigenvalue weighted by atomic mass is 16.6. The molecule has 0 bridgehead atoms. The molecule has 0 aliphatic carbocycles. The number of hydrogen-bond acceptors (Lipinski definition) is 8. The number of imide groups is 1. The first kappa shape index (κ1) is 26.7. The smallest absolute Gasteiger partial charge is 0.420 e. The van der Waals surface area contributed by atoms with Crippen LogP contribution in [0.4, 0.5) is 9.59 Å². The monoisotopic (exact) mass is 413 g/mol. The third-order valence-corrected chi connectivity index (χ3v) is 3.09. The molecule has 0 fully saturated rings. The van der Waals surface area contributed by atoms with Crippen LogP contribution in [0.5, 0.6) is 0 Å². The Kier molecular flexibility index (Phi) is 9.12. The summed E-state index contributed by atoms with van der Waals surface area (Å²) in [6.07, 6.45) is -2.12. The molecule has 9 nitrogen and oxygen atoms in total. The lowest BCUT2D eigenvalue weighted by Crippen LogP contribution is -2.53. The van der Waals surface area contributed by atoms with Crippen molar-refractivity contribution in [1.82, 2.24) is 4.90 Å². The van der Waals surface area contributed by atoms with Gasteiger partial charge in [-0.2, -0.15) is 10.2 Å². The summed E-state index contributed by atoms with van der Waals surface area (Å²) in [4.78, 5) is 39.1. The van der Waals surface area contributed by atoms with Crippen molar-refractivity contribution in [2.45, 2.75) is 104 Å². The SMILES string of the molecule is CC(C)(C)OC(=O)[C@H](CCC(N)C#N)N(C(=O)OC(C)(C)C)C(=O)OC(C)(C)C. The van der Waals surface area contributed by atoms with Crippen LogP contribution in [0.1, 0.15) is 75.2 Å².